The fraction of sp³-hybridized carbons (Fsp3) is 0.174. The molecule has 0 aliphatic heterocycles. The zero-order valence-electron chi connectivity index (χ0n) is 16.7. The first-order valence-electron chi connectivity index (χ1n) is 9.38. The van der Waals surface area contributed by atoms with Crippen LogP contribution in [-0.4, -0.2) is 27.1 Å². The first kappa shape index (κ1) is 22.3. The molecule has 0 bridgehead atoms. The van der Waals surface area contributed by atoms with Gasteiger partial charge in [0.2, 0.25) is 15.9 Å². The van der Waals surface area contributed by atoms with Crippen LogP contribution in [0.5, 0.6) is 0 Å². The van der Waals surface area contributed by atoms with Crippen molar-refractivity contribution in [3.05, 3.63) is 99.1 Å². The Hall–Kier alpha value is -2.39. The lowest BCUT2D eigenvalue weighted by Crippen LogP contribution is -2.41. The molecule has 1 atom stereocenters. The average Bonchev–Trinajstić information content (AvgIpc) is 2.72. The minimum Gasteiger partial charge on any atom is -0.344 e. The van der Waals surface area contributed by atoms with Crippen LogP contribution in [0.2, 0.25) is 0 Å². The van der Waals surface area contributed by atoms with E-state index in [1.54, 1.807) is 12.1 Å². The van der Waals surface area contributed by atoms with Crippen molar-refractivity contribution in [1.29, 1.82) is 0 Å². The summed E-state index contributed by atoms with van der Waals surface area (Å²) in [6.45, 7) is 1.71. The molecule has 1 N–H and O–H groups in total. The number of sulfonamides is 1. The molecule has 7 heteroatoms. The molecule has 3 aromatic carbocycles. The molecule has 5 nitrogen and oxygen atoms in total. The van der Waals surface area contributed by atoms with Crippen molar-refractivity contribution in [3.8, 4) is 0 Å². The second-order valence-electron chi connectivity index (χ2n) is 7.07. The summed E-state index contributed by atoms with van der Waals surface area (Å²) in [5.41, 5.74) is 3.44. The number of carbonyl (C=O) groups excluding carboxylic acids is 1. The second-order valence-corrected chi connectivity index (χ2v) is 10.2. The molecular formula is C23H23IN2O3S. The molecule has 1 unspecified atom stereocenters. The van der Waals surface area contributed by atoms with Crippen LogP contribution in [0.1, 0.15) is 22.7 Å². The van der Waals surface area contributed by atoms with Gasteiger partial charge in [-0.05, 0) is 64.9 Å². The number of rotatable bonds is 7. The van der Waals surface area contributed by atoms with Crippen molar-refractivity contribution in [1.82, 2.24) is 5.32 Å². The smallest absolute Gasteiger partial charge is 0.241 e. The van der Waals surface area contributed by atoms with Crippen LogP contribution < -0.4 is 9.62 Å². The third-order valence-electron chi connectivity index (χ3n) is 4.65. The molecule has 0 spiro atoms. The summed E-state index contributed by atoms with van der Waals surface area (Å²) >= 11 is 2.15. The van der Waals surface area contributed by atoms with E-state index in [0.29, 0.717) is 5.69 Å². The van der Waals surface area contributed by atoms with Gasteiger partial charge in [-0.3, -0.25) is 9.10 Å². The number of nitrogens with zero attached hydrogens (tertiary/aromatic N) is 1. The fourth-order valence-corrected chi connectivity index (χ4v) is 4.32. The average molecular weight is 534 g/mol. The van der Waals surface area contributed by atoms with Crippen LogP contribution in [0.15, 0.2) is 78.9 Å². The van der Waals surface area contributed by atoms with Crippen molar-refractivity contribution in [2.45, 2.75) is 13.0 Å². The van der Waals surface area contributed by atoms with Gasteiger partial charge in [0.05, 0.1) is 18.0 Å². The summed E-state index contributed by atoms with van der Waals surface area (Å²) in [6, 6.07) is 24.2. The summed E-state index contributed by atoms with van der Waals surface area (Å²) in [5, 5.41) is 3.01. The van der Waals surface area contributed by atoms with Gasteiger partial charge in [-0.15, -0.1) is 0 Å². The number of hydrogen-bond acceptors (Lipinski definition) is 3. The Kier molecular flexibility index (Phi) is 7.14. The van der Waals surface area contributed by atoms with E-state index in [1.165, 1.54) is 0 Å². The number of nitrogens with one attached hydrogen (secondary N) is 1. The molecule has 0 saturated carbocycles. The van der Waals surface area contributed by atoms with E-state index >= 15 is 0 Å². The molecule has 0 aliphatic rings. The van der Waals surface area contributed by atoms with Crippen LogP contribution in [0.3, 0.4) is 0 Å². The zero-order valence-corrected chi connectivity index (χ0v) is 19.7. The maximum absolute atomic E-state index is 12.9. The lowest BCUT2D eigenvalue weighted by molar-refractivity contribution is -0.120. The fourth-order valence-electron chi connectivity index (χ4n) is 3.11. The van der Waals surface area contributed by atoms with Crippen LogP contribution in [-0.2, 0) is 14.8 Å². The standard InChI is InChI=1S/C23H23IN2O3S/c1-17-8-10-19(11-9-17)23(18-6-4-3-5-7-18)25-22(27)16-26(30(2,28)29)21-14-12-20(24)13-15-21/h3-15,23H,16H2,1-2H3,(H,25,27). The SMILES string of the molecule is Cc1ccc(C(NC(=O)CN(c2ccc(I)cc2)S(C)(=O)=O)c2ccccc2)cc1. The topological polar surface area (TPSA) is 66.5 Å². The molecule has 1 amide bonds. The van der Waals surface area contributed by atoms with E-state index in [0.717, 1.165) is 30.8 Å². The van der Waals surface area contributed by atoms with Gasteiger partial charge in [0.1, 0.15) is 6.54 Å². The highest BCUT2D eigenvalue weighted by Crippen LogP contribution is 2.23. The van der Waals surface area contributed by atoms with E-state index < -0.39 is 10.0 Å². The Morgan fingerprint density at radius 2 is 1.50 bits per heavy atom. The summed E-state index contributed by atoms with van der Waals surface area (Å²) in [4.78, 5) is 12.9. The maximum atomic E-state index is 12.9. The summed E-state index contributed by atoms with van der Waals surface area (Å²) in [5.74, 6) is -0.381. The summed E-state index contributed by atoms with van der Waals surface area (Å²) in [7, 11) is -3.63. The van der Waals surface area contributed by atoms with E-state index in [2.05, 4.69) is 27.9 Å². The molecule has 0 fully saturated rings. The maximum Gasteiger partial charge on any atom is 0.241 e. The van der Waals surface area contributed by atoms with Crippen LogP contribution in [0.4, 0.5) is 5.69 Å². The number of carbonyl (C=O) groups is 1. The molecule has 0 radical (unpaired) electrons. The van der Waals surface area contributed by atoms with Gasteiger partial charge in [0.25, 0.3) is 0 Å². The highest BCUT2D eigenvalue weighted by molar-refractivity contribution is 14.1. The molecule has 0 aliphatic carbocycles. The number of amides is 1. The monoisotopic (exact) mass is 534 g/mol. The molecule has 30 heavy (non-hydrogen) atoms. The summed E-state index contributed by atoms with van der Waals surface area (Å²) in [6.07, 6.45) is 1.10. The molecule has 3 aromatic rings. The lowest BCUT2D eigenvalue weighted by Gasteiger charge is -2.25. The van der Waals surface area contributed by atoms with Crippen molar-refractivity contribution in [2.24, 2.45) is 0 Å². The van der Waals surface area contributed by atoms with Crippen LogP contribution in [0.25, 0.3) is 0 Å². The molecular weight excluding hydrogens is 511 g/mol. The number of benzene rings is 3. The van der Waals surface area contributed by atoms with Gasteiger partial charge in [0, 0.05) is 3.57 Å². The van der Waals surface area contributed by atoms with Gasteiger partial charge in [-0.2, -0.15) is 0 Å². The quantitative estimate of drug-likeness (QED) is 0.461. The number of aryl methyl sites for hydroxylation is 1. The van der Waals surface area contributed by atoms with Gasteiger partial charge >= 0.3 is 0 Å². The second kappa shape index (κ2) is 9.61. The number of anilines is 1. The summed E-state index contributed by atoms with van der Waals surface area (Å²) < 4.78 is 26.8. The third kappa shape index (κ3) is 5.82. The molecule has 0 heterocycles. The Balaban J connectivity index is 1.87. The van der Waals surface area contributed by atoms with E-state index in [-0.39, 0.29) is 18.5 Å². The lowest BCUT2D eigenvalue weighted by atomic mass is 9.98. The Morgan fingerprint density at radius 3 is 2.07 bits per heavy atom. The molecule has 156 valence electrons. The first-order chi connectivity index (χ1) is 14.2. The molecule has 0 saturated heterocycles. The van der Waals surface area contributed by atoms with Crippen molar-refractivity contribution in [3.63, 3.8) is 0 Å². The van der Waals surface area contributed by atoms with Crippen molar-refractivity contribution < 1.29 is 13.2 Å². The zero-order chi connectivity index (χ0) is 21.7. The van der Waals surface area contributed by atoms with Gasteiger partial charge in [0.15, 0.2) is 0 Å². The van der Waals surface area contributed by atoms with Gasteiger partial charge in [-0.1, -0.05) is 60.2 Å². The van der Waals surface area contributed by atoms with E-state index in [9.17, 15) is 13.2 Å². The Morgan fingerprint density at radius 1 is 0.933 bits per heavy atom. The number of halogens is 1. The van der Waals surface area contributed by atoms with Crippen molar-refractivity contribution in [2.75, 3.05) is 17.1 Å². The third-order valence-corrected chi connectivity index (χ3v) is 6.51. The largest absolute Gasteiger partial charge is 0.344 e. The van der Waals surface area contributed by atoms with E-state index in [4.69, 9.17) is 0 Å². The Labute approximate surface area is 191 Å². The van der Waals surface area contributed by atoms with Gasteiger partial charge in [-0.25, -0.2) is 8.42 Å². The highest BCUT2D eigenvalue weighted by atomic mass is 127. The minimum atomic E-state index is -3.63. The first-order valence-corrected chi connectivity index (χ1v) is 12.3. The molecule has 3 rings (SSSR count). The predicted octanol–water partition coefficient (Wildman–Crippen LogP) is 4.27. The van der Waals surface area contributed by atoms with Crippen LogP contribution >= 0.6 is 22.6 Å². The number of hydrogen-bond donors (Lipinski definition) is 1. The van der Waals surface area contributed by atoms with Crippen LogP contribution in [0, 0.1) is 10.5 Å². The van der Waals surface area contributed by atoms with Gasteiger partial charge < -0.3 is 5.32 Å². The Bertz CT molecular complexity index is 1100. The predicted molar refractivity (Wildman–Crippen MR) is 129 cm³/mol. The van der Waals surface area contributed by atoms with E-state index in [1.807, 2.05) is 73.7 Å². The highest BCUT2D eigenvalue weighted by Gasteiger charge is 2.23. The minimum absolute atomic E-state index is 0.297. The van der Waals surface area contributed by atoms with Crippen molar-refractivity contribution >= 4 is 44.2 Å². The molecule has 0 aromatic heterocycles. The normalized spacial score (nSPS) is 12.2.